The van der Waals surface area contributed by atoms with E-state index in [4.69, 9.17) is 4.42 Å². The molecule has 2 aromatic rings. The first-order valence-corrected chi connectivity index (χ1v) is 7.38. The van der Waals surface area contributed by atoms with Crippen molar-refractivity contribution in [2.45, 2.75) is 26.3 Å². The molecule has 1 heterocycles. The van der Waals surface area contributed by atoms with Gasteiger partial charge in [0.15, 0.2) is 0 Å². The largest absolute Gasteiger partial charge is 0.459 e. The van der Waals surface area contributed by atoms with Crippen LogP contribution in [-0.2, 0) is 0 Å². The second kappa shape index (κ2) is 6.38. The van der Waals surface area contributed by atoms with Crippen LogP contribution in [0.3, 0.4) is 0 Å². The summed E-state index contributed by atoms with van der Waals surface area (Å²) in [6.45, 7) is 5.31. The minimum Gasteiger partial charge on any atom is -0.459 e. The molecule has 18 heavy (non-hydrogen) atoms. The van der Waals surface area contributed by atoms with Crippen molar-refractivity contribution in [1.82, 2.24) is 5.32 Å². The second-order valence-electron chi connectivity index (χ2n) is 4.36. The van der Waals surface area contributed by atoms with Crippen LogP contribution >= 0.6 is 22.6 Å². The Morgan fingerprint density at radius 2 is 2.00 bits per heavy atom. The van der Waals surface area contributed by atoms with Gasteiger partial charge in [0.05, 0.1) is 6.04 Å². The van der Waals surface area contributed by atoms with Crippen LogP contribution in [-0.4, -0.2) is 6.54 Å². The third-order valence-corrected chi connectivity index (χ3v) is 3.83. The molecule has 1 aromatic heterocycles. The van der Waals surface area contributed by atoms with E-state index in [1.807, 2.05) is 12.1 Å². The number of halogens is 1. The minimum atomic E-state index is 0.264. The summed E-state index contributed by atoms with van der Waals surface area (Å²) in [5.41, 5.74) is 1.16. The molecule has 1 aromatic carbocycles. The topological polar surface area (TPSA) is 25.2 Å². The van der Waals surface area contributed by atoms with Crippen molar-refractivity contribution in [2.24, 2.45) is 0 Å². The normalized spacial score (nSPS) is 12.6. The maximum Gasteiger partial charge on any atom is 0.135 e. The Morgan fingerprint density at radius 1 is 1.22 bits per heavy atom. The molecule has 0 saturated carbocycles. The first kappa shape index (κ1) is 13.6. The third kappa shape index (κ3) is 3.14. The molecule has 1 atom stereocenters. The summed E-state index contributed by atoms with van der Waals surface area (Å²) in [4.78, 5) is 0. The number of hydrogen-bond donors (Lipinski definition) is 1. The Bertz CT molecular complexity index is 507. The van der Waals surface area contributed by atoms with Gasteiger partial charge < -0.3 is 9.73 Å². The standard InChI is InChI=1S/C15H18INO/c1-3-10-17-11(2)14-8-9-15(18-14)12-6-4-5-7-13(12)16/h4-9,11,17H,3,10H2,1-2H3. The highest BCUT2D eigenvalue weighted by molar-refractivity contribution is 14.1. The van der Waals surface area contributed by atoms with E-state index in [0.29, 0.717) is 0 Å². The average molecular weight is 355 g/mol. The average Bonchev–Trinajstić information content (AvgIpc) is 2.86. The van der Waals surface area contributed by atoms with Crippen LogP contribution in [0, 0.1) is 3.57 Å². The summed E-state index contributed by atoms with van der Waals surface area (Å²) < 4.78 is 7.16. The molecule has 0 amide bonds. The molecule has 96 valence electrons. The molecule has 0 aliphatic carbocycles. The lowest BCUT2D eigenvalue weighted by molar-refractivity contribution is 0.438. The smallest absolute Gasteiger partial charge is 0.135 e. The molecule has 0 aliphatic heterocycles. The zero-order chi connectivity index (χ0) is 13.0. The monoisotopic (exact) mass is 355 g/mol. The van der Waals surface area contributed by atoms with Crippen molar-refractivity contribution in [3.63, 3.8) is 0 Å². The number of benzene rings is 1. The first-order valence-electron chi connectivity index (χ1n) is 6.30. The molecule has 0 bridgehead atoms. The lowest BCUT2D eigenvalue weighted by Gasteiger charge is -2.10. The van der Waals surface area contributed by atoms with Gasteiger partial charge in [0.2, 0.25) is 0 Å². The lowest BCUT2D eigenvalue weighted by Crippen LogP contribution is -2.18. The van der Waals surface area contributed by atoms with Crippen molar-refractivity contribution in [3.8, 4) is 11.3 Å². The number of nitrogens with one attached hydrogen (secondary N) is 1. The predicted octanol–water partition coefficient (Wildman–Crippen LogP) is 4.61. The van der Waals surface area contributed by atoms with E-state index in [1.165, 1.54) is 3.57 Å². The highest BCUT2D eigenvalue weighted by Gasteiger charge is 2.11. The molecule has 0 radical (unpaired) electrons. The van der Waals surface area contributed by atoms with Crippen LogP contribution in [0.1, 0.15) is 32.1 Å². The Labute approximate surface area is 122 Å². The van der Waals surface area contributed by atoms with Gasteiger partial charge in [-0.1, -0.05) is 25.1 Å². The van der Waals surface area contributed by atoms with Gasteiger partial charge in [0, 0.05) is 9.13 Å². The fourth-order valence-corrected chi connectivity index (χ4v) is 2.51. The van der Waals surface area contributed by atoms with Crippen LogP contribution in [0.25, 0.3) is 11.3 Å². The molecular weight excluding hydrogens is 337 g/mol. The molecule has 0 saturated heterocycles. The van der Waals surface area contributed by atoms with Crippen molar-refractivity contribution in [3.05, 3.63) is 45.7 Å². The number of furan rings is 1. The van der Waals surface area contributed by atoms with E-state index in [2.05, 4.69) is 66.0 Å². The summed E-state index contributed by atoms with van der Waals surface area (Å²) in [6.07, 6.45) is 1.13. The molecule has 2 rings (SSSR count). The van der Waals surface area contributed by atoms with Crippen molar-refractivity contribution in [1.29, 1.82) is 0 Å². The fourth-order valence-electron chi connectivity index (χ4n) is 1.85. The third-order valence-electron chi connectivity index (χ3n) is 2.89. The van der Waals surface area contributed by atoms with Gasteiger partial charge in [-0.15, -0.1) is 0 Å². The van der Waals surface area contributed by atoms with Crippen LogP contribution < -0.4 is 5.32 Å². The number of hydrogen-bond acceptors (Lipinski definition) is 2. The minimum absolute atomic E-state index is 0.264. The quantitative estimate of drug-likeness (QED) is 0.793. The van der Waals surface area contributed by atoms with Crippen molar-refractivity contribution < 1.29 is 4.42 Å². The zero-order valence-electron chi connectivity index (χ0n) is 10.7. The number of rotatable bonds is 5. The first-order chi connectivity index (χ1) is 8.72. The lowest BCUT2D eigenvalue weighted by atomic mass is 10.2. The van der Waals surface area contributed by atoms with Crippen LogP contribution in [0.15, 0.2) is 40.8 Å². The molecule has 0 spiro atoms. The maximum absolute atomic E-state index is 5.94. The Morgan fingerprint density at radius 3 is 2.72 bits per heavy atom. The van der Waals surface area contributed by atoms with Crippen molar-refractivity contribution in [2.75, 3.05) is 6.54 Å². The Hall–Kier alpha value is -0.810. The highest BCUT2D eigenvalue weighted by atomic mass is 127. The van der Waals surface area contributed by atoms with Gasteiger partial charge in [-0.2, -0.15) is 0 Å². The second-order valence-corrected chi connectivity index (χ2v) is 5.52. The summed E-state index contributed by atoms with van der Waals surface area (Å²) >= 11 is 2.34. The molecule has 1 unspecified atom stereocenters. The molecule has 0 aliphatic rings. The summed E-state index contributed by atoms with van der Waals surface area (Å²) in [5, 5.41) is 3.43. The molecule has 3 heteroatoms. The van der Waals surface area contributed by atoms with Crippen LogP contribution in [0.2, 0.25) is 0 Å². The maximum atomic E-state index is 5.94. The van der Waals surface area contributed by atoms with Crippen molar-refractivity contribution >= 4 is 22.6 Å². The van der Waals surface area contributed by atoms with E-state index in [1.54, 1.807) is 0 Å². The summed E-state index contributed by atoms with van der Waals surface area (Å²) in [5.74, 6) is 1.94. The molecule has 2 nitrogen and oxygen atoms in total. The molecule has 1 N–H and O–H groups in total. The van der Waals surface area contributed by atoms with Gasteiger partial charge in [0.25, 0.3) is 0 Å². The molecule has 0 fully saturated rings. The van der Waals surface area contributed by atoms with E-state index >= 15 is 0 Å². The Balaban J connectivity index is 2.18. The fraction of sp³-hybridized carbons (Fsp3) is 0.333. The van der Waals surface area contributed by atoms with Gasteiger partial charge in [0.1, 0.15) is 11.5 Å². The Kier molecular flexibility index (Phi) is 4.83. The summed E-state index contributed by atoms with van der Waals surface area (Å²) in [7, 11) is 0. The van der Waals surface area contributed by atoms with Crippen LogP contribution in [0.5, 0.6) is 0 Å². The summed E-state index contributed by atoms with van der Waals surface area (Å²) in [6, 6.07) is 12.6. The van der Waals surface area contributed by atoms with Gasteiger partial charge in [-0.25, -0.2) is 0 Å². The van der Waals surface area contributed by atoms with E-state index in [0.717, 1.165) is 30.0 Å². The van der Waals surface area contributed by atoms with Crippen LogP contribution in [0.4, 0.5) is 0 Å². The van der Waals surface area contributed by atoms with E-state index in [-0.39, 0.29) is 6.04 Å². The van der Waals surface area contributed by atoms with Gasteiger partial charge in [-0.3, -0.25) is 0 Å². The molecular formula is C15H18INO. The highest BCUT2D eigenvalue weighted by Crippen LogP contribution is 2.28. The SMILES string of the molecule is CCCNC(C)c1ccc(-c2ccccc2I)o1. The van der Waals surface area contributed by atoms with E-state index < -0.39 is 0 Å². The zero-order valence-corrected chi connectivity index (χ0v) is 12.9. The van der Waals surface area contributed by atoms with Gasteiger partial charge >= 0.3 is 0 Å². The van der Waals surface area contributed by atoms with E-state index in [9.17, 15) is 0 Å². The predicted molar refractivity (Wildman–Crippen MR) is 83.6 cm³/mol. The van der Waals surface area contributed by atoms with Gasteiger partial charge in [-0.05, 0) is 60.7 Å².